The molecule has 7 nitrogen and oxygen atoms in total. The van der Waals surface area contributed by atoms with Gasteiger partial charge in [-0.2, -0.15) is 0 Å². The highest BCUT2D eigenvalue weighted by Crippen LogP contribution is 2.27. The highest BCUT2D eigenvalue weighted by molar-refractivity contribution is 6.35. The van der Waals surface area contributed by atoms with Crippen LogP contribution in [0.3, 0.4) is 0 Å². The third-order valence-electron chi connectivity index (χ3n) is 2.29. The van der Waals surface area contributed by atoms with Gasteiger partial charge in [0.05, 0.1) is 5.02 Å². The van der Waals surface area contributed by atoms with Gasteiger partial charge in [0, 0.05) is 11.1 Å². The molecular weight excluding hydrogens is 321 g/mol. The van der Waals surface area contributed by atoms with Gasteiger partial charge in [-0.15, -0.1) is 0 Å². The third kappa shape index (κ3) is 4.37. The van der Waals surface area contributed by atoms with Crippen molar-refractivity contribution in [1.82, 2.24) is 9.97 Å². The number of hydrogen-bond donors (Lipinski definition) is 3. The molecule has 110 valence electrons. The Bertz CT molecular complexity index is 756. The van der Waals surface area contributed by atoms with Crippen LogP contribution in [0.1, 0.15) is 0 Å². The molecule has 0 aliphatic rings. The molecule has 0 atom stereocenters. The number of nitrogens with one attached hydrogen (secondary N) is 3. The van der Waals surface area contributed by atoms with Gasteiger partial charge < -0.3 is 10.1 Å². The number of hydrogen-bond acceptors (Lipinski definition) is 4. The van der Waals surface area contributed by atoms with Crippen LogP contribution in [-0.2, 0) is 4.79 Å². The van der Waals surface area contributed by atoms with Gasteiger partial charge in [-0.25, -0.2) is 4.79 Å². The lowest BCUT2D eigenvalue weighted by Gasteiger charge is -2.08. The topological polar surface area (TPSA) is 104 Å². The fraction of sp³-hybridized carbons (Fsp3) is 0.0833. The minimum absolute atomic E-state index is 0.0282. The molecule has 0 saturated heterocycles. The number of anilines is 1. The minimum Gasteiger partial charge on any atom is -0.482 e. The largest absolute Gasteiger partial charge is 0.482 e. The van der Waals surface area contributed by atoms with E-state index in [2.05, 4.69) is 10.3 Å². The van der Waals surface area contributed by atoms with Crippen LogP contribution in [0.2, 0.25) is 10.0 Å². The molecule has 0 aliphatic heterocycles. The van der Waals surface area contributed by atoms with Crippen molar-refractivity contribution in [2.24, 2.45) is 0 Å². The maximum absolute atomic E-state index is 11.6. The smallest absolute Gasteiger partial charge is 0.327 e. The summed E-state index contributed by atoms with van der Waals surface area (Å²) in [5, 5.41) is 3.02. The number of rotatable bonds is 4. The molecule has 1 heterocycles. The number of halogens is 2. The number of aromatic nitrogens is 2. The van der Waals surface area contributed by atoms with Crippen LogP contribution < -0.4 is 21.3 Å². The molecule has 3 N–H and O–H groups in total. The predicted octanol–water partition coefficient (Wildman–Crippen LogP) is 1.39. The van der Waals surface area contributed by atoms with E-state index in [0.717, 1.165) is 6.07 Å². The van der Waals surface area contributed by atoms with Gasteiger partial charge in [-0.1, -0.05) is 23.2 Å². The number of carbonyl (C=O) groups is 1. The number of ether oxygens (including phenoxy) is 1. The number of amides is 1. The minimum atomic E-state index is -0.723. The number of carbonyl (C=O) groups excluding carboxylic acids is 1. The summed E-state index contributed by atoms with van der Waals surface area (Å²) in [6.07, 6.45) is 0. The Labute approximate surface area is 127 Å². The van der Waals surface area contributed by atoms with E-state index >= 15 is 0 Å². The van der Waals surface area contributed by atoms with E-state index in [0.29, 0.717) is 5.02 Å². The van der Waals surface area contributed by atoms with Crippen molar-refractivity contribution in [2.75, 3.05) is 11.9 Å². The lowest BCUT2D eigenvalue weighted by atomic mass is 10.3. The highest BCUT2D eigenvalue weighted by Gasteiger charge is 2.08. The summed E-state index contributed by atoms with van der Waals surface area (Å²) in [4.78, 5) is 38.0. The molecule has 9 heteroatoms. The Hall–Kier alpha value is -2.25. The average molecular weight is 330 g/mol. The fourth-order valence-corrected chi connectivity index (χ4v) is 1.92. The van der Waals surface area contributed by atoms with Crippen LogP contribution >= 0.6 is 23.2 Å². The molecule has 0 bridgehead atoms. The second kappa shape index (κ2) is 6.47. The van der Waals surface area contributed by atoms with Gasteiger partial charge in [0.25, 0.3) is 11.5 Å². The van der Waals surface area contributed by atoms with Crippen molar-refractivity contribution >= 4 is 34.9 Å². The lowest BCUT2D eigenvalue weighted by molar-refractivity contribution is -0.118. The zero-order valence-electron chi connectivity index (χ0n) is 10.4. The predicted molar refractivity (Wildman–Crippen MR) is 78.3 cm³/mol. The van der Waals surface area contributed by atoms with Crippen molar-refractivity contribution in [3.05, 3.63) is 55.1 Å². The normalized spacial score (nSPS) is 10.2. The molecule has 0 spiro atoms. The first kappa shape index (κ1) is 15.1. The molecule has 21 heavy (non-hydrogen) atoms. The Balaban J connectivity index is 1.99. The highest BCUT2D eigenvalue weighted by atomic mass is 35.5. The summed E-state index contributed by atoms with van der Waals surface area (Å²) in [7, 11) is 0. The molecule has 0 unspecified atom stereocenters. The molecule has 0 saturated carbocycles. The van der Waals surface area contributed by atoms with Crippen LogP contribution in [0.25, 0.3) is 0 Å². The van der Waals surface area contributed by atoms with Gasteiger partial charge in [0.2, 0.25) is 0 Å². The van der Waals surface area contributed by atoms with Gasteiger partial charge in [-0.05, 0) is 18.2 Å². The first-order chi connectivity index (χ1) is 9.94. The molecule has 0 fully saturated rings. The van der Waals surface area contributed by atoms with E-state index in [4.69, 9.17) is 27.9 Å². The lowest BCUT2D eigenvalue weighted by Crippen LogP contribution is -2.27. The zero-order chi connectivity index (χ0) is 15.4. The van der Waals surface area contributed by atoms with E-state index in [1.165, 1.54) is 12.1 Å². The number of aromatic amines is 2. The summed E-state index contributed by atoms with van der Waals surface area (Å²) in [5.74, 6) is -0.308. The van der Waals surface area contributed by atoms with Gasteiger partial charge in [-0.3, -0.25) is 19.6 Å². The molecular formula is C12H9Cl2N3O4. The van der Waals surface area contributed by atoms with E-state index < -0.39 is 17.2 Å². The fourth-order valence-electron chi connectivity index (χ4n) is 1.46. The SMILES string of the molecule is O=C(COc1ccc(Cl)cc1Cl)Nc1cc(=O)[nH]c(=O)[nH]1. The zero-order valence-corrected chi connectivity index (χ0v) is 11.9. The van der Waals surface area contributed by atoms with Crippen LogP contribution in [0.5, 0.6) is 5.75 Å². The van der Waals surface area contributed by atoms with Crippen molar-refractivity contribution in [3.63, 3.8) is 0 Å². The van der Waals surface area contributed by atoms with Crippen molar-refractivity contribution in [3.8, 4) is 5.75 Å². The maximum atomic E-state index is 11.6. The molecule has 0 radical (unpaired) electrons. The van der Waals surface area contributed by atoms with E-state index in [1.54, 1.807) is 6.07 Å². The van der Waals surface area contributed by atoms with Crippen molar-refractivity contribution < 1.29 is 9.53 Å². The molecule has 1 amide bonds. The van der Waals surface area contributed by atoms with E-state index in [-0.39, 0.29) is 23.2 Å². The van der Waals surface area contributed by atoms with Crippen LogP contribution in [0.4, 0.5) is 5.82 Å². The standard InChI is InChI=1S/C12H9Cl2N3O4/c13-6-1-2-8(7(14)3-6)21-5-11(19)15-9-4-10(18)17-12(20)16-9/h1-4H,5H2,(H3,15,16,17,18,19,20). The number of benzene rings is 1. The van der Waals surface area contributed by atoms with E-state index in [9.17, 15) is 14.4 Å². The Morgan fingerprint density at radius 3 is 2.62 bits per heavy atom. The molecule has 1 aromatic heterocycles. The van der Waals surface area contributed by atoms with Crippen LogP contribution in [0.15, 0.2) is 33.9 Å². The van der Waals surface area contributed by atoms with Crippen LogP contribution in [0, 0.1) is 0 Å². The second-order valence-electron chi connectivity index (χ2n) is 3.91. The Kier molecular flexibility index (Phi) is 4.66. The summed E-state index contributed by atoms with van der Waals surface area (Å²) < 4.78 is 5.21. The van der Waals surface area contributed by atoms with Crippen molar-refractivity contribution in [2.45, 2.75) is 0 Å². The molecule has 2 aromatic rings. The third-order valence-corrected chi connectivity index (χ3v) is 2.82. The molecule has 1 aromatic carbocycles. The first-order valence-corrected chi connectivity index (χ1v) is 6.41. The Morgan fingerprint density at radius 1 is 1.19 bits per heavy atom. The maximum Gasteiger partial charge on any atom is 0.327 e. The first-order valence-electron chi connectivity index (χ1n) is 5.65. The summed E-state index contributed by atoms with van der Waals surface area (Å²) >= 11 is 11.6. The summed E-state index contributed by atoms with van der Waals surface area (Å²) in [6.45, 7) is -0.351. The van der Waals surface area contributed by atoms with Crippen LogP contribution in [-0.4, -0.2) is 22.5 Å². The second-order valence-corrected chi connectivity index (χ2v) is 4.76. The monoisotopic (exact) mass is 329 g/mol. The summed E-state index contributed by atoms with van der Waals surface area (Å²) in [6, 6.07) is 5.60. The number of H-pyrrole nitrogens is 2. The molecule has 0 aliphatic carbocycles. The molecule has 2 rings (SSSR count). The van der Waals surface area contributed by atoms with Gasteiger partial charge >= 0.3 is 5.69 Å². The quantitative estimate of drug-likeness (QED) is 0.788. The van der Waals surface area contributed by atoms with Gasteiger partial charge in [0.15, 0.2) is 6.61 Å². The van der Waals surface area contributed by atoms with E-state index in [1.807, 2.05) is 4.98 Å². The summed E-state index contributed by atoms with van der Waals surface area (Å²) in [5.41, 5.74) is -1.35. The Morgan fingerprint density at radius 2 is 1.95 bits per heavy atom. The average Bonchev–Trinajstić information content (AvgIpc) is 2.36. The van der Waals surface area contributed by atoms with Gasteiger partial charge in [0.1, 0.15) is 11.6 Å². The van der Waals surface area contributed by atoms with Crippen molar-refractivity contribution in [1.29, 1.82) is 0 Å².